The molecule has 10 heavy (non-hydrogen) atoms. The van der Waals surface area contributed by atoms with Crippen molar-refractivity contribution >= 4 is 0 Å². The van der Waals surface area contributed by atoms with Gasteiger partial charge in [0.25, 0.3) is 0 Å². The van der Waals surface area contributed by atoms with Crippen molar-refractivity contribution in [2.75, 3.05) is 19.7 Å². The van der Waals surface area contributed by atoms with E-state index in [-0.39, 0.29) is 25.1 Å². The number of morpholine rings is 1. The number of hydrogen-bond acceptors (Lipinski definition) is 4. The summed E-state index contributed by atoms with van der Waals surface area (Å²) in [6, 6.07) is 0. The van der Waals surface area contributed by atoms with Crippen molar-refractivity contribution in [3.05, 3.63) is 0 Å². The summed E-state index contributed by atoms with van der Waals surface area (Å²) in [5.74, 6) is 0. The van der Waals surface area contributed by atoms with E-state index >= 15 is 0 Å². The van der Waals surface area contributed by atoms with Gasteiger partial charge >= 0.3 is 0 Å². The molecule has 2 saturated heterocycles. The van der Waals surface area contributed by atoms with Gasteiger partial charge in [-0.05, 0) is 0 Å². The quantitative estimate of drug-likeness (QED) is 0.481. The molecule has 2 heterocycles. The molecular formula is C6H11NO3. The maximum absolute atomic E-state index is 8.78. The third-order valence-corrected chi connectivity index (χ3v) is 1.90. The number of hydrogen-bond donors (Lipinski definition) is 2. The molecule has 0 aromatic heterocycles. The van der Waals surface area contributed by atoms with Crippen molar-refractivity contribution in [1.82, 2.24) is 5.32 Å². The van der Waals surface area contributed by atoms with Crippen molar-refractivity contribution in [1.29, 1.82) is 0 Å². The molecule has 4 heteroatoms. The van der Waals surface area contributed by atoms with Crippen LogP contribution in [0, 0.1) is 0 Å². The Morgan fingerprint density at radius 3 is 3.00 bits per heavy atom. The lowest BCUT2D eigenvalue weighted by Gasteiger charge is -2.18. The van der Waals surface area contributed by atoms with E-state index in [1.54, 1.807) is 0 Å². The highest BCUT2D eigenvalue weighted by Gasteiger charge is 2.38. The summed E-state index contributed by atoms with van der Waals surface area (Å²) in [4.78, 5) is 0. The maximum Gasteiger partial charge on any atom is 0.171 e. The average Bonchev–Trinajstić information content (AvgIpc) is 2.26. The van der Waals surface area contributed by atoms with E-state index in [1.165, 1.54) is 0 Å². The van der Waals surface area contributed by atoms with Gasteiger partial charge in [0.15, 0.2) is 6.29 Å². The number of fused-ring (bicyclic) bond motifs is 2. The molecule has 0 saturated carbocycles. The molecule has 0 amide bonds. The molecule has 0 aliphatic carbocycles. The smallest absolute Gasteiger partial charge is 0.171 e. The third-order valence-electron chi connectivity index (χ3n) is 1.90. The topological polar surface area (TPSA) is 50.7 Å². The first-order valence-corrected chi connectivity index (χ1v) is 3.52. The van der Waals surface area contributed by atoms with Gasteiger partial charge in [-0.2, -0.15) is 0 Å². The lowest BCUT2D eigenvalue weighted by atomic mass is 10.2. The van der Waals surface area contributed by atoms with E-state index in [1.807, 2.05) is 0 Å². The molecule has 3 atom stereocenters. The van der Waals surface area contributed by atoms with Crippen LogP contribution in [0.3, 0.4) is 0 Å². The highest BCUT2D eigenvalue weighted by Crippen LogP contribution is 2.20. The molecule has 2 aliphatic heterocycles. The SMILES string of the molecule is OC[C@H]1O[C@H]2CNC[C@@H]1O2. The van der Waals surface area contributed by atoms with E-state index in [4.69, 9.17) is 14.6 Å². The molecule has 4 nitrogen and oxygen atoms in total. The van der Waals surface area contributed by atoms with Gasteiger partial charge in [0.2, 0.25) is 0 Å². The zero-order valence-corrected chi connectivity index (χ0v) is 5.62. The van der Waals surface area contributed by atoms with E-state index < -0.39 is 0 Å². The molecular weight excluding hydrogens is 134 g/mol. The van der Waals surface area contributed by atoms with Gasteiger partial charge in [-0.3, -0.25) is 0 Å². The number of aliphatic hydroxyl groups excluding tert-OH is 1. The van der Waals surface area contributed by atoms with Crippen molar-refractivity contribution in [2.45, 2.75) is 18.5 Å². The van der Waals surface area contributed by atoms with Crippen molar-refractivity contribution in [2.24, 2.45) is 0 Å². The van der Waals surface area contributed by atoms with Gasteiger partial charge in [0.1, 0.15) is 12.2 Å². The number of rotatable bonds is 1. The van der Waals surface area contributed by atoms with E-state index in [0.29, 0.717) is 0 Å². The van der Waals surface area contributed by atoms with E-state index in [0.717, 1.165) is 13.1 Å². The molecule has 2 aliphatic rings. The van der Waals surface area contributed by atoms with Crippen LogP contribution in [0.2, 0.25) is 0 Å². The molecule has 0 radical (unpaired) electrons. The summed E-state index contributed by atoms with van der Waals surface area (Å²) in [6.07, 6.45) is -0.181. The Kier molecular flexibility index (Phi) is 1.61. The van der Waals surface area contributed by atoms with Gasteiger partial charge in [0.05, 0.1) is 6.61 Å². The summed E-state index contributed by atoms with van der Waals surface area (Å²) in [5.41, 5.74) is 0. The Bertz CT molecular complexity index is 130. The Morgan fingerprint density at radius 1 is 1.40 bits per heavy atom. The van der Waals surface area contributed by atoms with E-state index in [2.05, 4.69) is 5.32 Å². The lowest BCUT2D eigenvalue weighted by Crippen LogP contribution is -2.41. The molecule has 2 N–H and O–H groups in total. The fourth-order valence-corrected chi connectivity index (χ4v) is 1.38. The fourth-order valence-electron chi connectivity index (χ4n) is 1.38. The van der Waals surface area contributed by atoms with Gasteiger partial charge in [0, 0.05) is 13.1 Å². The second-order valence-corrected chi connectivity index (χ2v) is 2.62. The molecule has 2 fully saturated rings. The van der Waals surface area contributed by atoms with Crippen LogP contribution in [0.4, 0.5) is 0 Å². The van der Waals surface area contributed by atoms with Crippen molar-refractivity contribution < 1.29 is 14.6 Å². The molecule has 0 aromatic carbocycles. The van der Waals surface area contributed by atoms with Crippen molar-refractivity contribution in [3.8, 4) is 0 Å². The fraction of sp³-hybridized carbons (Fsp3) is 1.00. The van der Waals surface area contributed by atoms with E-state index in [9.17, 15) is 0 Å². The van der Waals surface area contributed by atoms with Crippen LogP contribution >= 0.6 is 0 Å². The normalized spacial score (nSPS) is 45.9. The highest BCUT2D eigenvalue weighted by atomic mass is 16.7. The first-order valence-electron chi connectivity index (χ1n) is 3.52. The zero-order chi connectivity index (χ0) is 6.97. The third kappa shape index (κ3) is 0.932. The minimum Gasteiger partial charge on any atom is -0.394 e. The van der Waals surface area contributed by atoms with Crippen LogP contribution in [-0.2, 0) is 9.47 Å². The van der Waals surface area contributed by atoms with Crippen LogP contribution in [-0.4, -0.2) is 43.3 Å². The van der Waals surface area contributed by atoms with Crippen molar-refractivity contribution in [3.63, 3.8) is 0 Å². The van der Waals surface area contributed by atoms with Gasteiger partial charge in [-0.25, -0.2) is 0 Å². The molecule has 2 bridgehead atoms. The highest BCUT2D eigenvalue weighted by molar-refractivity contribution is 4.83. The average molecular weight is 145 g/mol. The van der Waals surface area contributed by atoms with Crippen LogP contribution in [0.5, 0.6) is 0 Å². The number of ether oxygens (including phenoxy) is 2. The molecule has 0 aromatic rings. The minimum absolute atomic E-state index is 0.0584. The summed E-state index contributed by atoms with van der Waals surface area (Å²) >= 11 is 0. The Hall–Kier alpha value is -0.160. The number of nitrogens with one attached hydrogen (secondary N) is 1. The molecule has 2 rings (SSSR count). The van der Waals surface area contributed by atoms with Crippen LogP contribution < -0.4 is 5.32 Å². The summed E-state index contributed by atoms with van der Waals surface area (Å²) < 4.78 is 10.7. The largest absolute Gasteiger partial charge is 0.394 e. The molecule has 0 unspecified atom stereocenters. The van der Waals surface area contributed by atoms with Crippen LogP contribution in [0.15, 0.2) is 0 Å². The minimum atomic E-state index is -0.129. The predicted octanol–water partition coefficient (Wildman–Crippen LogP) is -1.31. The summed E-state index contributed by atoms with van der Waals surface area (Å²) in [5, 5.41) is 11.9. The second kappa shape index (κ2) is 2.47. The number of aliphatic hydroxyl groups is 1. The zero-order valence-electron chi connectivity index (χ0n) is 5.62. The summed E-state index contributed by atoms with van der Waals surface area (Å²) in [6.45, 7) is 1.59. The Balaban J connectivity index is 2.01. The molecule has 0 spiro atoms. The lowest BCUT2D eigenvalue weighted by molar-refractivity contribution is -0.0791. The van der Waals surface area contributed by atoms with Gasteiger partial charge in [-0.1, -0.05) is 0 Å². The first-order chi connectivity index (χ1) is 4.90. The monoisotopic (exact) mass is 145 g/mol. The Labute approximate surface area is 59.1 Å². The van der Waals surface area contributed by atoms with Gasteiger partial charge in [-0.15, -0.1) is 0 Å². The second-order valence-electron chi connectivity index (χ2n) is 2.62. The summed E-state index contributed by atoms with van der Waals surface area (Å²) in [7, 11) is 0. The maximum atomic E-state index is 8.78. The van der Waals surface area contributed by atoms with Gasteiger partial charge < -0.3 is 19.9 Å². The van der Waals surface area contributed by atoms with Crippen LogP contribution in [0.25, 0.3) is 0 Å². The standard InChI is InChI=1S/C6H11NO3/c8-3-5-4-1-7-2-6(9-4)10-5/h4-8H,1-3H2/t4-,5+,6-/m0/s1. The Morgan fingerprint density at radius 2 is 2.30 bits per heavy atom. The molecule has 58 valence electrons. The predicted molar refractivity (Wildman–Crippen MR) is 33.5 cm³/mol. The van der Waals surface area contributed by atoms with Crippen LogP contribution in [0.1, 0.15) is 0 Å². The first kappa shape index (κ1) is 6.54.